The van der Waals surface area contributed by atoms with Crippen molar-refractivity contribution in [1.82, 2.24) is 9.78 Å². The number of halogens is 2. The highest BCUT2D eigenvalue weighted by atomic mass is 19.3. The van der Waals surface area contributed by atoms with Gasteiger partial charge in [-0.3, -0.25) is 0 Å². The molecule has 0 bridgehead atoms. The minimum absolute atomic E-state index is 0.185. The van der Waals surface area contributed by atoms with Gasteiger partial charge in [-0.05, 0) is 24.1 Å². The highest BCUT2D eigenvalue weighted by Crippen LogP contribution is 2.39. The van der Waals surface area contributed by atoms with E-state index in [2.05, 4.69) is 10.4 Å². The van der Waals surface area contributed by atoms with Crippen LogP contribution in [-0.4, -0.2) is 23.3 Å². The van der Waals surface area contributed by atoms with Crippen molar-refractivity contribution >= 4 is 5.82 Å². The van der Waals surface area contributed by atoms with Crippen LogP contribution in [0.2, 0.25) is 0 Å². The Hall–Kier alpha value is -2.62. The second-order valence-corrected chi connectivity index (χ2v) is 5.07. The number of alkyl halides is 2. The molecule has 22 heavy (non-hydrogen) atoms. The zero-order chi connectivity index (χ0) is 15.7. The Morgan fingerprint density at radius 1 is 1.50 bits per heavy atom. The standard InChI is InChI=1S/C15H14F2N4O/c1-22-11-4-2-3-9(5-11)12-6-13(14(16)17)21-15(20-12)10(7-18)8-19-21/h2-5,8,12-14,20H,6H2,1H3/t12-,13-/m1/s1. The molecule has 1 aromatic carbocycles. The predicted octanol–water partition coefficient (Wildman–Crippen LogP) is 3.13. The van der Waals surface area contributed by atoms with Crippen LogP contribution in [0.1, 0.15) is 29.6 Å². The molecule has 2 aromatic rings. The highest BCUT2D eigenvalue weighted by molar-refractivity contribution is 5.54. The molecule has 0 saturated heterocycles. The fourth-order valence-electron chi connectivity index (χ4n) is 2.69. The van der Waals surface area contributed by atoms with Crippen LogP contribution in [0.4, 0.5) is 14.6 Å². The Morgan fingerprint density at radius 3 is 3.00 bits per heavy atom. The summed E-state index contributed by atoms with van der Waals surface area (Å²) in [5, 5.41) is 16.2. The maximum absolute atomic E-state index is 13.4. The van der Waals surface area contributed by atoms with E-state index in [1.807, 2.05) is 18.2 Å². The highest BCUT2D eigenvalue weighted by Gasteiger charge is 2.35. The predicted molar refractivity (Wildman–Crippen MR) is 76.0 cm³/mol. The van der Waals surface area contributed by atoms with Gasteiger partial charge in [-0.25, -0.2) is 13.5 Å². The van der Waals surface area contributed by atoms with E-state index < -0.39 is 12.5 Å². The van der Waals surface area contributed by atoms with Crippen LogP contribution in [0.5, 0.6) is 5.75 Å². The van der Waals surface area contributed by atoms with Crippen LogP contribution >= 0.6 is 0 Å². The van der Waals surface area contributed by atoms with Crippen LogP contribution in [0, 0.1) is 11.3 Å². The van der Waals surface area contributed by atoms with E-state index in [0.29, 0.717) is 11.6 Å². The van der Waals surface area contributed by atoms with Crippen LogP contribution in [0.25, 0.3) is 0 Å². The molecule has 0 fully saturated rings. The Morgan fingerprint density at radius 2 is 2.32 bits per heavy atom. The van der Waals surface area contributed by atoms with E-state index >= 15 is 0 Å². The van der Waals surface area contributed by atoms with E-state index in [0.717, 1.165) is 5.56 Å². The molecule has 5 nitrogen and oxygen atoms in total. The Kier molecular flexibility index (Phi) is 3.67. The summed E-state index contributed by atoms with van der Waals surface area (Å²) in [5.41, 5.74) is 1.10. The molecule has 1 aliphatic rings. The van der Waals surface area contributed by atoms with Gasteiger partial charge in [-0.1, -0.05) is 12.1 Å². The van der Waals surface area contributed by atoms with Gasteiger partial charge in [0, 0.05) is 0 Å². The largest absolute Gasteiger partial charge is 0.497 e. The molecule has 2 heterocycles. The molecule has 1 aliphatic heterocycles. The number of ether oxygens (including phenoxy) is 1. The van der Waals surface area contributed by atoms with Crippen molar-refractivity contribution in [2.75, 3.05) is 12.4 Å². The van der Waals surface area contributed by atoms with Gasteiger partial charge >= 0.3 is 0 Å². The molecule has 0 saturated carbocycles. The molecular formula is C15H14F2N4O. The van der Waals surface area contributed by atoms with Crippen LogP contribution in [0.15, 0.2) is 30.5 Å². The van der Waals surface area contributed by atoms with Gasteiger partial charge in [-0.15, -0.1) is 0 Å². The summed E-state index contributed by atoms with van der Waals surface area (Å²) in [4.78, 5) is 0. The number of fused-ring (bicyclic) bond motifs is 1. The number of hydrogen-bond donors (Lipinski definition) is 1. The third kappa shape index (κ3) is 2.37. The van der Waals surface area contributed by atoms with Gasteiger partial charge < -0.3 is 10.1 Å². The smallest absolute Gasteiger partial charge is 0.260 e. The summed E-state index contributed by atoms with van der Waals surface area (Å²) in [6, 6.07) is 7.84. The number of rotatable bonds is 3. The average molecular weight is 304 g/mol. The zero-order valence-electron chi connectivity index (χ0n) is 11.8. The molecule has 114 valence electrons. The molecule has 3 rings (SSSR count). The molecule has 0 amide bonds. The molecule has 1 aromatic heterocycles. The third-order valence-electron chi connectivity index (χ3n) is 3.81. The summed E-state index contributed by atoms with van der Waals surface area (Å²) in [5.74, 6) is 0.999. The lowest BCUT2D eigenvalue weighted by molar-refractivity contribution is 0.0658. The summed E-state index contributed by atoms with van der Waals surface area (Å²) in [7, 11) is 1.55. The third-order valence-corrected chi connectivity index (χ3v) is 3.81. The molecule has 0 aliphatic carbocycles. The Balaban J connectivity index is 2.00. The number of nitrogens with zero attached hydrogens (tertiary/aromatic N) is 3. The normalized spacial score (nSPS) is 20.1. The average Bonchev–Trinajstić information content (AvgIpc) is 2.96. The lowest BCUT2D eigenvalue weighted by Gasteiger charge is -2.32. The fourth-order valence-corrected chi connectivity index (χ4v) is 2.69. The lowest BCUT2D eigenvalue weighted by Crippen LogP contribution is -2.31. The summed E-state index contributed by atoms with van der Waals surface area (Å²) in [6.45, 7) is 0. The number of methoxy groups -OCH3 is 1. The maximum atomic E-state index is 13.4. The van der Waals surface area contributed by atoms with E-state index in [1.165, 1.54) is 10.9 Å². The maximum Gasteiger partial charge on any atom is 0.260 e. The molecule has 7 heteroatoms. The fraction of sp³-hybridized carbons (Fsp3) is 0.333. The first kappa shape index (κ1) is 14.3. The first-order valence-corrected chi connectivity index (χ1v) is 6.80. The van der Waals surface area contributed by atoms with Gasteiger partial charge in [0.2, 0.25) is 0 Å². The monoisotopic (exact) mass is 304 g/mol. The minimum atomic E-state index is -2.56. The minimum Gasteiger partial charge on any atom is -0.497 e. The number of benzene rings is 1. The number of hydrogen-bond acceptors (Lipinski definition) is 4. The van der Waals surface area contributed by atoms with Gasteiger partial charge in [0.1, 0.15) is 29.2 Å². The molecular weight excluding hydrogens is 290 g/mol. The summed E-state index contributed by atoms with van der Waals surface area (Å²) < 4.78 is 33.1. The van der Waals surface area contributed by atoms with Crippen molar-refractivity contribution in [2.45, 2.75) is 24.9 Å². The van der Waals surface area contributed by atoms with Gasteiger partial charge in [0.05, 0.1) is 19.3 Å². The van der Waals surface area contributed by atoms with E-state index in [4.69, 9.17) is 10.00 Å². The molecule has 1 N–H and O–H groups in total. The number of aromatic nitrogens is 2. The summed E-state index contributed by atoms with van der Waals surface area (Å²) in [6.07, 6.45) is -1.06. The quantitative estimate of drug-likeness (QED) is 0.946. The van der Waals surface area contributed by atoms with Crippen molar-refractivity contribution < 1.29 is 13.5 Å². The van der Waals surface area contributed by atoms with Gasteiger partial charge in [0.25, 0.3) is 6.43 Å². The number of nitriles is 1. The van der Waals surface area contributed by atoms with Crippen molar-refractivity contribution in [1.29, 1.82) is 5.26 Å². The molecule has 0 unspecified atom stereocenters. The van der Waals surface area contributed by atoms with Crippen LogP contribution in [-0.2, 0) is 0 Å². The SMILES string of the molecule is COc1cccc([C@H]2C[C@H](C(F)F)n3ncc(C#N)c3N2)c1. The first-order chi connectivity index (χ1) is 10.6. The van der Waals surface area contributed by atoms with Crippen molar-refractivity contribution in [3.63, 3.8) is 0 Å². The van der Waals surface area contributed by atoms with Crippen molar-refractivity contribution in [2.24, 2.45) is 0 Å². The Labute approximate surface area is 126 Å². The lowest BCUT2D eigenvalue weighted by atomic mass is 9.97. The van der Waals surface area contributed by atoms with E-state index in [9.17, 15) is 8.78 Å². The summed E-state index contributed by atoms with van der Waals surface area (Å²) >= 11 is 0. The van der Waals surface area contributed by atoms with Crippen LogP contribution in [0.3, 0.4) is 0 Å². The van der Waals surface area contributed by atoms with E-state index in [-0.39, 0.29) is 18.0 Å². The first-order valence-electron chi connectivity index (χ1n) is 6.80. The van der Waals surface area contributed by atoms with Crippen molar-refractivity contribution in [3.05, 3.63) is 41.6 Å². The molecule has 2 atom stereocenters. The second kappa shape index (κ2) is 5.64. The Bertz CT molecular complexity index is 723. The van der Waals surface area contributed by atoms with Gasteiger partial charge in [-0.2, -0.15) is 10.4 Å². The molecule has 0 radical (unpaired) electrons. The number of nitrogens with one attached hydrogen (secondary N) is 1. The molecule has 0 spiro atoms. The topological polar surface area (TPSA) is 62.9 Å². The van der Waals surface area contributed by atoms with Crippen LogP contribution < -0.4 is 10.1 Å². The van der Waals surface area contributed by atoms with E-state index in [1.54, 1.807) is 19.2 Å². The van der Waals surface area contributed by atoms with Crippen molar-refractivity contribution in [3.8, 4) is 11.8 Å². The van der Waals surface area contributed by atoms with Gasteiger partial charge in [0.15, 0.2) is 0 Å². The zero-order valence-corrected chi connectivity index (χ0v) is 11.8. The second-order valence-electron chi connectivity index (χ2n) is 5.07. The number of anilines is 1.